The van der Waals surface area contributed by atoms with Crippen LogP contribution in [0.2, 0.25) is 0 Å². The molecule has 4 nitrogen and oxygen atoms in total. The first kappa shape index (κ1) is 8.77. The van der Waals surface area contributed by atoms with Crippen molar-refractivity contribution in [1.82, 2.24) is 14.7 Å². The molecule has 0 aromatic carbocycles. The Bertz CT molecular complexity index is 280. The van der Waals surface area contributed by atoms with Crippen LogP contribution in [0.4, 0.5) is 0 Å². The Kier molecular flexibility index (Phi) is 2.47. The maximum absolute atomic E-state index is 11.5. The van der Waals surface area contributed by atoms with Crippen molar-refractivity contribution in [2.75, 3.05) is 13.6 Å². The van der Waals surface area contributed by atoms with E-state index in [0.717, 1.165) is 0 Å². The molecule has 0 bridgehead atoms. The highest BCUT2D eigenvalue weighted by molar-refractivity contribution is 5.93. The Hall–Kier alpha value is -1.32. The second-order valence-corrected chi connectivity index (χ2v) is 2.72. The van der Waals surface area contributed by atoms with Crippen LogP contribution in [0, 0.1) is 0 Å². The summed E-state index contributed by atoms with van der Waals surface area (Å²) in [5.41, 5.74) is 0.641. The van der Waals surface area contributed by atoms with E-state index in [2.05, 4.69) is 5.10 Å². The SMILES string of the molecule is CCN(C)C(=O)c1cnn(C)c1. The molecule has 0 saturated heterocycles. The molecular weight excluding hydrogens is 154 g/mol. The van der Waals surface area contributed by atoms with Gasteiger partial charge in [-0.2, -0.15) is 5.10 Å². The normalized spacial score (nSPS) is 9.92. The predicted octanol–water partition coefficient (Wildman–Crippen LogP) is 0.512. The first-order chi connectivity index (χ1) is 5.65. The van der Waals surface area contributed by atoms with E-state index in [1.165, 1.54) is 0 Å². The molecule has 66 valence electrons. The largest absolute Gasteiger partial charge is 0.342 e. The lowest BCUT2D eigenvalue weighted by atomic mass is 10.3. The van der Waals surface area contributed by atoms with E-state index in [4.69, 9.17) is 0 Å². The Morgan fingerprint density at radius 2 is 2.42 bits per heavy atom. The topological polar surface area (TPSA) is 38.1 Å². The van der Waals surface area contributed by atoms with Gasteiger partial charge >= 0.3 is 0 Å². The van der Waals surface area contributed by atoms with Crippen LogP contribution in [-0.4, -0.2) is 34.2 Å². The van der Waals surface area contributed by atoms with E-state index >= 15 is 0 Å². The summed E-state index contributed by atoms with van der Waals surface area (Å²) in [6.45, 7) is 2.65. The molecule has 0 aliphatic heterocycles. The minimum Gasteiger partial charge on any atom is -0.342 e. The summed E-state index contributed by atoms with van der Waals surface area (Å²) in [6, 6.07) is 0. The van der Waals surface area contributed by atoms with Crippen molar-refractivity contribution >= 4 is 5.91 Å². The van der Waals surface area contributed by atoms with Crippen molar-refractivity contribution in [2.45, 2.75) is 6.92 Å². The highest BCUT2D eigenvalue weighted by Crippen LogP contribution is 2.00. The molecule has 0 atom stereocenters. The van der Waals surface area contributed by atoms with Gasteiger partial charge in [0.05, 0.1) is 11.8 Å². The summed E-state index contributed by atoms with van der Waals surface area (Å²) in [6.07, 6.45) is 3.29. The highest BCUT2D eigenvalue weighted by atomic mass is 16.2. The zero-order valence-electron chi connectivity index (χ0n) is 7.61. The predicted molar refractivity (Wildman–Crippen MR) is 45.8 cm³/mol. The maximum Gasteiger partial charge on any atom is 0.256 e. The monoisotopic (exact) mass is 167 g/mol. The van der Waals surface area contributed by atoms with Gasteiger partial charge in [-0.1, -0.05) is 0 Å². The second-order valence-electron chi connectivity index (χ2n) is 2.72. The van der Waals surface area contributed by atoms with Crippen molar-refractivity contribution < 1.29 is 4.79 Å². The quantitative estimate of drug-likeness (QED) is 0.643. The Morgan fingerprint density at radius 1 is 1.75 bits per heavy atom. The molecule has 12 heavy (non-hydrogen) atoms. The minimum absolute atomic E-state index is 0.0191. The lowest BCUT2D eigenvalue weighted by Crippen LogP contribution is -2.25. The molecule has 0 radical (unpaired) electrons. The standard InChI is InChI=1S/C8H13N3O/c1-4-10(2)8(12)7-5-9-11(3)6-7/h5-6H,4H2,1-3H3. The van der Waals surface area contributed by atoms with E-state index in [0.29, 0.717) is 12.1 Å². The van der Waals surface area contributed by atoms with E-state index in [1.807, 2.05) is 6.92 Å². The van der Waals surface area contributed by atoms with Gasteiger partial charge in [-0.15, -0.1) is 0 Å². The maximum atomic E-state index is 11.5. The van der Waals surface area contributed by atoms with Gasteiger partial charge in [-0.25, -0.2) is 0 Å². The first-order valence-electron chi connectivity index (χ1n) is 3.89. The minimum atomic E-state index is 0.0191. The van der Waals surface area contributed by atoms with Crippen LogP contribution in [0.25, 0.3) is 0 Å². The van der Waals surface area contributed by atoms with Crippen LogP contribution in [0.3, 0.4) is 0 Å². The first-order valence-corrected chi connectivity index (χ1v) is 3.89. The molecule has 0 N–H and O–H groups in total. The molecule has 1 amide bonds. The van der Waals surface area contributed by atoms with E-state index in [-0.39, 0.29) is 5.91 Å². The van der Waals surface area contributed by atoms with Crippen molar-refractivity contribution in [3.8, 4) is 0 Å². The summed E-state index contributed by atoms with van der Waals surface area (Å²) in [5, 5.41) is 3.92. The van der Waals surface area contributed by atoms with Gasteiger partial charge < -0.3 is 4.90 Å². The van der Waals surface area contributed by atoms with Crippen molar-refractivity contribution in [3.63, 3.8) is 0 Å². The molecule has 1 aromatic rings. The molecular formula is C8H13N3O. The van der Waals surface area contributed by atoms with Gasteiger partial charge in [0.2, 0.25) is 0 Å². The van der Waals surface area contributed by atoms with E-state index in [1.54, 1.807) is 36.1 Å². The van der Waals surface area contributed by atoms with Crippen LogP contribution in [0.5, 0.6) is 0 Å². The number of hydrogen-bond acceptors (Lipinski definition) is 2. The number of amides is 1. The lowest BCUT2D eigenvalue weighted by molar-refractivity contribution is 0.0802. The van der Waals surface area contributed by atoms with Crippen LogP contribution in [0.15, 0.2) is 12.4 Å². The average Bonchev–Trinajstić information content (AvgIpc) is 2.49. The Morgan fingerprint density at radius 3 is 2.83 bits per heavy atom. The molecule has 0 saturated carbocycles. The van der Waals surface area contributed by atoms with Crippen molar-refractivity contribution in [1.29, 1.82) is 0 Å². The van der Waals surface area contributed by atoms with Gasteiger partial charge in [-0.05, 0) is 6.92 Å². The van der Waals surface area contributed by atoms with Gasteiger partial charge in [0.25, 0.3) is 5.91 Å². The van der Waals surface area contributed by atoms with Crippen molar-refractivity contribution in [2.24, 2.45) is 7.05 Å². The number of aryl methyl sites for hydroxylation is 1. The molecule has 1 aromatic heterocycles. The van der Waals surface area contributed by atoms with E-state index < -0.39 is 0 Å². The number of nitrogens with zero attached hydrogens (tertiary/aromatic N) is 3. The summed E-state index contributed by atoms with van der Waals surface area (Å²) >= 11 is 0. The molecule has 0 unspecified atom stereocenters. The number of hydrogen-bond donors (Lipinski definition) is 0. The third-order valence-corrected chi connectivity index (χ3v) is 1.77. The number of carbonyl (C=O) groups excluding carboxylic acids is 1. The summed E-state index contributed by atoms with van der Waals surface area (Å²) < 4.78 is 1.62. The van der Waals surface area contributed by atoms with Crippen LogP contribution >= 0.6 is 0 Å². The fourth-order valence-corrected chi connectivity index (χ4v) is 0.896. The molecule has 0 aliphatic rings. The molecule has 0 fully saturated rings. The third-order valence-electron chi connectivity index (χ3n) is 1.77. The van der Waals surface area contributed by atoms with E-state index in [9.17, 15) is 4.79 Å². The zero-order valence-corrected chi connectivity index (χ0v) is 7.61. The average molecular weight is 167 g/mol. The Balaban J connectivity index is 2.78. The van der Waals surface area contributed by atoms with Crippen LogP contribution in [0.1, 0.15) is 17.3 Å². The second kappa shape index (κ2) is 3.38. The molecule has 4 heteroatoms. The molecule has 1 heterocycles. The van der Waals surface area contributed by atoms with Crippen LogP contribution in [-0.2, 0) is 7.05 Å². The van der Waals surface area contributed by atoms with Gasteiger partial charge in [0.1, 0.15) is 0 Å². The van der Waals surface area contributed by atoms with Crippen LogP contribution < -0.4 is 0 Å². The summed E-state index contributed by atoms with van der Waals surface area (Å²) in [4.78, 5) is 13.1. The highest BCUT2D eigenvalue weighted by Gasteiger charge is 2.10. The smallest absolute Gasteiger partial charge is 0.256 e. The molecule has 0 spiro atoms. The summed E-state index contributed by atoms with van der Waals surface area (Å²) in [7, 11) is 3.57. The molecule has 0 aliphatic carbocycles. The Labute approximate surface area is 71.8 Å². The third kappa shape index (κ3) is 1.64. The van der Waals surface area contributed by atoms with Crippen molar-refractivity contribution in [3.05, 3.63) is 18.0 Å². The number of aromatic nitrogens is 2. The fourth-order valence-electron chi connectivity index (χ4n) is 0.896. The van der Waals surface area contributed by atoms with Gasteiger partial charge in [-0.3, -0.25) is 9.48 Å². The van der Waals surface area contributed by atoms with Gasteiger partial charge in [0, 0.05) is 26.8 Å². The zero-order chi connectivity index (χ0) is 9.14. The van der Waals surface area contributed by atoms with Gasteiger partial charge in [0.15, 0.2) is 0 Å². The number of carbonyl (C=O) groups is 1. The number of rotatable bonds is 2. The lowest BCUT2D eigenvalue weighted by Gasteiger charge is -2.12. The fraction of sp³-hybridized carbons (Fsp3) is 0.500. The molecule has 1 rings (SSSR count). The summed E-state index contributed by atoms with van der Waals surface area (Å²) in [5.74, 6) is 0.0191.